The highest BCUT2D eigenvalue weighted by molar-refractivity contribution is 4.87. The molecule has 2 atom stereocenters. The van der Waals surface area contributed by atoms with Crippen LogP contribution >= 0.6 is 0 Å². The summed E-state index contributed by atoms with van der Waals surface area (Å²) < 4.78 is 5.77. The minimum atomic E-state index is 0.586. The van der Waals surface area contributed by atoms with Crippen LogP contribution in [0.15, 0.2) is 0 Å². The molecule has 1 aliphatic carbocycles. The van der Waals surface area contributed by atoms with Crippen molar-refractivity contribution < 1.29 is 4.74 Å². The van der Waals surface area contributed by atoms with Gasteiger partial charge in [0.1, 0.15) is 0 Å². The Labute approximate surface area is 81.0 Å². The second-order valence-electron chi connectivity index (χ2n) is 4.42. The van der Waals surface area contributed by atoms with Crippen molar-refractivity contribution in [2.75, 3.05) is 13.2 Å². The second-order valence-corrected chi connectivity index (χ2v) is 4.42. The smallest absolute Gasteiger partial charge is 0.0618 e. The summed E-state index contributed by atoms with van der Waals surface area (Å²) in [5.41, 5.74) is 0. The van der Waals surface area contributed by atoms with E-state index in [0.29, 0.717) is 6.10 Å². The molecule has 1 saturated carbocycles. The van der Waals surface area contributed by atoms with Gasteiger partial charge in [0.25, 0.3) is 0 Å². The Balaban J connectivity index is 1.71. The Hall–Kier alpha value is -0.0800. The van der Waals surface area contributed by atoms with Gasteiger partial charge in [-0.3, -0.25) is 0 Å². The number of rotatable bonds is 4. The molecule has 0 aromatic rings. The normalized spacial score (nSPS) is 34.8. The molecular formula is C11H21NO. The van der Waals surface area contributed by atoms with E-state index in [1.165, 1.54) is 38.6 Å². The number of hydrogen-bond acceptors (Lipinski definition) is 2. The van der Waals surface area contributed by atoms with Crippen molar-refractivity contribution in [2.45, 2.75) is 51.2 Å². The molecular weight excluding hydrogens is 162 g/mol. The SMILES string of the molecule is CCCNC1CCOC(C2CC2)C1. The molecule has 0 aromatic carbocycles. The van der Waals surface area contributed by atoms with Crippen LogP contribution in [0.2, 0.25) is 0 Å². The van der Waals surface area contributed by atoms with E-state index in [2.05, 4.69) is 12.2 Å². The molecule has 0 radical (unpaired) electrons. The van der Waals surface area contributed by atoms with Crippen LogP contribution in [0, 0.1) is 5.92 Å². The van der Waals surface area contributed by atoms with Crippen LogP contribution in [0.3, 0.4) is 0 Å². The summed E-state index contributed by atoms with van der Waals surface area (Å²) in [4.78, 5) is 0. The maximum atomic E-state index is 5.77. The van der Waals surface area contributed by atoms with E-state index in [1.807, 2.05) is 0 Å². The molecule has 2 heteroatoms. The van der Waals surface area contributed by atoms with Crippen molar-refractivity contribution in [1.29, 1.82) is 0 Å². The molecule has 2 fully saturated rings. The van der Waals surface area contributed by atoms with Gasteiger partial charge in [-0.25, -0.2) is 0 Å². The quantitative estimate of drug-likeness (QED) is 0.719. The van der Waals surface area contributed by atoms with Crippen molar-refractivity contribution in [2.24, 2.45) is 5.92 Å². The summed E-state index contributed by atoms with van der Waals surface area (Å²) in [5, 5.41) is 3.60. The fourth-order valence-corrected chi connectivity index (χ4v) is 2.16. The lowest BCUT2D eigenvalue weighted by molar-refractivity contribution is -0.0109. The van der Waals surface area contributed by atoms with E-state index >= 15 is 0 Å². The summed E-state index contributed by atoms with van der Waals surface area (Å²) in [6.45, 7) is 4.37. The van der Waals surface area contributed by atoms with E-state index in [-0.39, 0.29) is 0 Å². The van der Waals surface area contributed by atoms with Crippen LogP contribution in [0.5, 0.6) is 0 Å². The van der Waals surface area contributed by atoms with E-state index in [9.17, 15) is 0 Å². The minimum absolute atomic E-state index is 0.586. The van der Waals surface area contributed by atoms with Crippen molar-refractivity contribution in [3.8, 4) is 0 Å². The molecule has 1 N–H and O–H groups in total. The molecule has 2 nitrogen and oxygen atoms in total. The van der Waals surface area contributed by atoms with E-state index in [1.54, 1.807) is 0 Å². The maximum absolute atomic E-state index is 5.77. The van der Waals surface area contributed by atoms with Gasteiger partial charge in [-0.2, -0.15) is 0 Å². The predicted octanol–water partition coefficient (Wildman–Crippen LogP) is 1.94. The Kier molecular flexibility index (Phi) is 3.23. The van der Waals surface area contributed by atoms with Crippen LogP contribution < -0.4 is 5.32 Å². The lowest BCUT2D eigenvalue weighted by Gasteiger charge is -2.30. The highest BCUT2D eigenvalue weighted by atomic mass is 16.5. The summed E-state index contributed by atoms with van der Waals surface area (Å²) in [6.07, 6.45) is 7.11. The van der Waals surface area contributed by atoms with E-state index < -0.39 is 0 Å². The van der Waals surface area contributed by atoms with Gasteiger partial charge >= 0.3 is 0 Å². The summed E-state index contributed by atoms with van der Waals surface area (Å²) in [7, 11) is 0. The fourth-order valence-electron chi connectivity index (χ4n) is 2.16. The van der Waals surface area contributed by atoms with Crippen LogP contribution in [0.25, 0.3) is 0 Å². The highest BCUT2D eigenvalue weighted by Gasteiger charge is 2.35. The third-order valence-corrected chi connectivity index (χ3v) is 3.15. The maximum Gasteiger partial charge on any atom is 0.0618 e. The number of nitrogens with one attached hydrogen (secondary N) is 1. The summed E-state index contributed by atoms with van der Waals surface area (Å²) in [5.74, 6) is 0.909. The number of ether oxygens (including phenoxy) is 1. The molecule has 13 heavy (non-hydrogen) atoms. The van der Waals surface area contributed by atoms with Gasteiger partial charge in [-0.05, 0) is 44.6 Å². The Morgan fingerprint density at radius 3 is 2.85 bits per heavy atom. The molecule has 2 aliphatic rings. The lowest BCUT2D eigenvalue weighted by atomic mass is 10.00. The molecule has 1 heterocycles. The molecule has 1 saturated heterocycles. The van der Waals surface area contributed by atoms with Crippen molar-refractivity contribution in [3.63, 3.8) is 0 Å². The van der Waals surface area contributed by atoms with E-state index in [0.717, 1.165) is 18.6 Å². The molecule has 0 bridgehead atoms. The average Bonchev–Trinajstić information content (AvgIpc) is 2.98. The third-order valence-electron chi connectivity index (χ3n) is 3.15. The summed E-state index contributed by atoms with van der Waals surface area (Å²) >= 11 is 0. The second kappa shape index (κ2) is 4.43. The van der Waals surface area contributed by atoms with Gasteiger partial charge in [0.2, 0.25) is 0 Å². The van der Waals surface area contributed by atoms with Gasteiger partial charge in [0.15, 0.2) is 0 Å². The van der Waals surface area contributed by atoms with Gasteiger partial charge in [0, 0.05) is 12.6 Å². The zero-order valence-corrected chi connectivity index (χ0v) is 8.59. The zero-order chi connectivity index (χ0) is 9.10. The predicted molar refractivity (Wildman–Crippen MR) is 53.8 cm³/mol. The first-order valence-corrected chi connectivity index (χ1v) is 5.75. The lowest BCUT2D eigenvalue weighted by Crippen LogP contribution is -2.40. The van der Waals surface area contributed by atoms with Gasteiger partial charge < -0.3 is 10.1 Å². The fraction of sp³-hybridized carbons (Fsp3) is 1.00. The Morgan fingerprint density at radius 2 is 2.15 bits per heavy atom. The van der Waals surface area contributed by atoms with Crippen molar-refractivity contribution in [1.82, 2.24) is 5.32 Å². The zero-order valence-electron chi connectivity index (χ0n) is 8.59. The summed E-state index contributed by atoms with van der Waals surface area (Å²) in [6, 6.07) is 0.735. The van der Waals surface area contributed by atoms with Crippen molar-refractivity contribution >= 4 is 0 Å². The minimum Gasteiger partial charge on any atom is -0.378 e. The topological polar surface area (TPSA) is 21.3 Å². The molecule has 0 spiro atoms. The highest BCUT2D eigenvalue weighted by Crippen LogP contribution is 2.38. The largest absolute Gasteiger partial charge is 0.378 e. The van der Waals surface area contributed by atoms with Gasteiger partial charge in [0.05, 0.1) is 6.10 Å². The number of hydrogen-bond donors (Lipinski definition) is 1. The average molecular weight is 183 g/mol. The monoisotopic (exact) mass is 183 g/mol. The van der Waals surface area contributed by atoms with Crippen LogP contribution in [-0.2, 0) is 4.74 Å². The molecule has 2 rings (SSSR count). The first-order valence-electron chi connectivity index (χ1n) is 5.75. The molecule has 2 unspecified atom stereocenters. The molecule has 76 valence electrons. The van der Waals surface area contributed by atoms with Gasteiger partial charge in [-0.1, -0.05) is 6.92 Å². The Morgan fingerprint density at radius 1 is 1.31 bits per heavy atom. The van der Waals surface area contributed by atoms with E-state index in [4.69, 9.17) is 4.74 Å². The van der Waals surface area contributed by atoms with Crippen molar-refractivity contribution in [3.05, 3.63) is 0 Å². The van der Waals surface area contributed by atoms with Crippen LogP contribution in [-0.4, -0.2) is 25.3 Å². The van der Waals surface area contributed by atoms with Crippen LogP contribution in [0.4, 0.5) is 0 Å². The third kappa shape index (κ3) is 2.68. The molecule has 0 amide bonds. The first kappa shape index (κ1) is 9.47. The molecule has 0 aromatic heterocycles. The van der Waals surface area contributed by atoms with Gasteiger partial charge in [-0.15, -0.1) is 0 Å². The molecule has 1 aliphatic heterocycles. The standard InChI is InChI=1S/C11H21NO/c1-2-6-12-10-5-7-13-11(8-10)9-3-4-9/h9-12H,2-8H2,1H3. The first-order chi connectivity index (χ1) is 6.40. The Bertz CT molecular complexity index is 156. The van der Waals surface area contributed by atoms with Crippen LogP contribution in [0.1, 0.15) is 39.0 Å².